The Kier molecular flexibility index (Phi) is 4.05. The van der Waals surface area contributed by atoms with Crippen molar-refractivity contribution in [2.24, 2.45) is 0 Å². The van der Waals surface area contributed by atoms with Gasteiger partial charge in [0.25, 0.3) is 0 Å². The van der Waals surface area contributed by atoms with Gasteiger partial charge in [-0.3, -0.25) is 0 Å². The first-order valence-electron chi connectivity index (χ1n) is 3.57. The zero-order valence-electron chi connectivity index (χ0n) is 6.59. The number of hydrogen-bond acceptors (Lipinski definition) is 3. The Bertz CT molecular complexity index is 326. The van der Waals surface area contributed by atoms with Crippen molar-refractivity contribution in [2.75, 3.05) is 6.61 Å². The first-order chi connectivity index (χ1) is 6.07. The molecule has 0 saturated heterocycles. The Morgan fingerprint density at radius 1 is 1.15 bits per heavy atom. The minimum Gasteiger partial charge on any atom is -0.507 e. The van der Waals surface area contributed by atoms with Crippen LogP contribution in [0.15, 0.2) is 6.07 Å². The molecule has 0 spiro atoms. The molecule has 13 heavy (non-hydrogen) atoms. The van der Waals surface area contributed by atoms with Crippen LogP contribution in [0.4, 0.5) is 0 Å². The lowest BCUT2D eigenvalue weighted by Gasteiger charge is -2.08. The second-order valence-corrected chi connectivity index (χ2v) is 4.66. The largest absolute Gasteiger partial charge is 0.507 e. The summed E-state index contributed by atoms with van der Waals surface area (Å²) in [7, 11) is 0. The maximum atomic E-state index is 9.60. The minimum atomic E-state index is -0.0380. The van der Waals surface area contributed by atoms with Crippen molar-refractivity contribution in [3.8, 4) is 11.5 Å². The molecule has 0 aromatic heterocycles. The van der Waals surface area contributed by atoms with Gasteiger partial charge < -0.3 is 15.3 Å². The van der Waals surface area contributed by atoms with E-state index in [1.165, 1.54) is 6.07 Å². The van der Waals surface area contributed by atoms with Crippen LogP contribution in [-0.2, 0) is 6.42 Å². The summed E-state index contributed by atoms with van der Waals surface area (Å²) in [5.41, 5.74) is 0.574. The number of rotatable bonds is 2. The zero-order chi connectivity index (χ0) is 10.0. The number of halogens is 2. The van der Waals surface area contributed by atoms with E-state index in [1.807, 2.05) is 45.2 Å². The second-order valence-electron chi connectivity index (χ2n) is 2.50. The van der Waals surface area contributed by atoms with Crippen molar-refractivity contribution in [1.29, 1.82) is 0 Å². The van der Waals surface area contributed by atoms with Crippen LogP contribution in [0.5, 0.6) is 11.5 Å². The van der Waals surface area contributed by atoms with Crippen LogP contribution < -0.4 is 0 Å². The van der Waals surface area contributed by atoms with Crippen molar-refractivity contribution in [1.82, 2.24) is 0 Å². The first-order valence-corrected chi connectivity index (χ1v) is 5.73. The molecule has 0 bridgehead atoms. The first kappa shape index (κ1) is 11.3. The van der Waals surface area contributed by atoms with E-state index in [1.54, 1.807) is 0 Å². The van der Waals surface area contributed by atoms with E-state index in [2.05, 4.69) is 0 Å². The van der Waals surface area contributed by atoms with Gasteiger partial charge in [-0.05, 0) is 57.7 Å². The third-order valence-electron chi connectivity index (χ3n) is 1.62. The third-order valence-corrected chi connectivity index (χ3v) is 4.80. The molecule has 0 aliphatic carbocycles. The number of aliphatic hydroxyl groups excluding tert-OH is 1. The second kappa shape index (κ2) is 4.65. The van der Waals surface area contributed by atoms with Gasteiger partial charge in [0.05, 0.1) is 7.14 Å². The highest BCUT2D eigenvalue weighted by Gasteiger charge is 2.12. The molecule has 5 heteroatoms. The monoisotopic (exact) mass is 406 g/mol. The Balaban J connectivity index is 3.24. The normalized spacial score (nSPS) is 10.4. The molecule has 1 rings (SSSR count). The molecule has 0 heterocycles. The standard InChI is InChI=1S/C8H8I2O3/c9-6-5(12)3-4(1-2-11)8(13)7(6)10/h3,11-13H,1-2H2. The van der Waals surface area contributed by atoms with Crippen molar-refractivity contribution < 1.29 is 15.3 Å². The lowest BCUT2D eigenvalue weighted by molar-refractivity contribution is 0.297. The van der Waals surface area contributed by atoms with Gasteiger partial charge in [0.2, 0.25) is 0 Å². The smallest absolute Gasteiger partial charge is 0.133 e. The summed E-state index contributed by atoms with van der Waals surface area (Å²) in [5.74, 6) is 0.295. The molecule has 3 N–H and O–H groups in total. The predicted octanol–water partition coefficient (Wildman–Crippen LogP) is 1.84. The van der Waals surface area contributed by atoms with Gasteiger partial charge in [0, 0.05) is 12.2 Å². The van der Waals surface area contributed by atoms with Crippen LogP contribution in [0, 0.1) is 7.14 Å². The highest BCUT2D eigenvalue weighted by molar-refractivity contribution is 14.1. The summed E-state index contributed by atoms with van der Waals surface area (Å²) in [4.78, 5) is 0. The van der Waals surface area contributed by atoms with Crippen LogP contribution in [0.1, 0.15) is 5.56 Å². The Morgan fingerprint density at radius 3 is 2.31 bits per heavy atom. The molecule has 3 nitrogen and oxygen atoms in total. The number of phenolic OH excluding ortho intramolecular Hbond substituents is 2. The molecular weight excluding hydrogens is 398 g/mol. The van der Waals surface area contributed by atoms with Gasteiger partial charge in [-0.25, -0.2) is 0 Å². The maximum absolute atomic E-state index is 9.60. The van der Waals surface area contributed by atoms with Crippen LogP contribution in [0.2, 0.25) is 0 Å². The van der Waals surface area contributed by atoms with Gasteiger partial charge in [0.1, 0.15) is 11.5 Å². The highest BCUT2D eigenvalue weighted by atomic mass is 127. The fourth-order valence-electron chi connectivity index (χ4n) is 0.965. The molecule has 0 aliphatic rings. The van der Waals surface area contributed by atoms with Crippen LogP contribution in [0.3, 0.4) is 0 Å². The van der Waals surface area contributed by atoms with E-state index in [4.69, 9.17) is 5.11 Å². The van der Waals surface area contributed by atoms with E-state index in [9.17, 15) is 10.2 Å². The molecule has 1 aromatic carbocycles. The van der Waals surface area contributed by atoms with Crippen molar-refractivity contribution >= 4 is 45.2 Å². The van der Waals surface area contributed by atoms with E-state index >= 15 is 0 Å². The fourth-order valence-corrected chi connectivity index (χ4v) is 2.00. The van der Waals surface area contributed by atoms with Gasteiger partial charge in [0.15, 0.2) is 0 Å². The van der Waals surface area contributed by atoms with Gasteiger partial charge in [-0.2, -0.15) is 0 Å². The van der Waals surface area contributed by atoms with Crippen LogP contribution in [0.25, 0.3) is 0 Å². The summed E-state index contributed by atoms with van der Waals surface area (Å²) in [6, 6.07) is 1.48. The minimum absolute atomic E-state index is 0.0380. The lowest BCUT2D eigenvalue weighted by Crippen LogP contribution is -1.94. The molecule has 0 aliphatic heterocycles. The average molecular weight is 406 g/mol. The number of hydrogen-bond donors (Lipinski definition) is 3. The molecule has 0 fully saturated rings. The van der Waals surface area contributed by atoms with Crippen LogP contribution >= 0.6 is 45.2 Å². The number of aliphatic hydroxyl groups is 1. The zero-order valence-corrected chi connectivity index (χ0v) is 10.9. The molecule has 1 aromatic rings. The Morgan fingerprint density at radius 2 is 1.77 bits per heavy atom. The van der Waals surface area contributed by atoms with Crippen LogP contribution in [-0.4, -0.2) is 21.9 Å². The molecule has 0 atom stereocenters. The molecule has 0 unspecified atom stereocenters. The summed E-state index contributed by atoms with van der Waals surface area (Å²) in [6.07, 6.45) is 0.353. The van der Waals surface area contributed by atoms with Crippen molar-refractivity contribution in [2.45, 2.75) is 6.42 Å². The molecule has 0 saturated carbocycles. The highest BCUT2D eigenvalue weighted by Crippen LogP contribution is 2.35. The molecular formula is C8H8I2O3. The van der Waals surface area contributed by atoms with E-state index in [0.29, 0.717) is 19.1 Å². The maximum Gasteiger partial charge on any atom is 0.133 e. The van der Waals surface area contributed by atoms with E-state index in [-0.39, 0.29) is 18.1 Å². The van der Waals surface area contributed by atoms with Gasteiger partial charge in [-0.15, -0.1) is 0 Å². The molecule has 72 valence electrons. The fraction of sp³-hybridized carbons (Fsp3) is 0.250. The van der Waals surface area contributed by atoms with E-state index in [0.717, 1.165) is 0 Å². The quantitative estimate of drug-likeness (QED) is 0.519. The van der Waals surface area contributed by atoms with Crippen molar-refractivity contribution in [3.63, 3.8) is 0 Å². The summed E-state index contributed by atoms with van der Waals surface area (Å²) >= 11 is 3.92. The average Bonchev–Trinajstić information content (AvgIpc) is 2.11. The van der Waals surface area contributed by atoms with Crippen molar-refractivity contribution in [3.05, 3.63) is 18.8 Å². The topological polar surface area (TPSA) is 60.7 Å². The number of aromatic hydroxyl groups is 2. The summed E-state index contributed by atoms with van der Waals surface area (Å²) < 4.78 is 1.26. The SMILES string of the molecule is OCCc1cc(O)c(I)c(I)c1O. The van der Waals surface area contributed by atoms with Gasteiger partial charge >= 0.3 is 0 Å². The van der Waals surface area contributed by atoms with Gasteiger partial charge in [-0.1, -0.05) is 0 Å². The molecule has 0 radical (unpaired) electrons. The summed E-state index contributed by atoms with van der Waals surface area (Å²) in [6.45, 7) is -0.0380. The predicted molar refractivity (Wildman–Crippen MR) is 66.0 cm³/mol. The lowest BCUT2D eigenvalue weighted by atomic mass is 10.1. The summed E-state index contributed by atoms with van der Waals surface area (Å²) in [5, 5.41) is 27.7. The Hall–Kier alpha value is 0.240. The Labute approximate surface area is 103 Å². The number of benzene rings is 1. The number of phenols is 2. The van der Waals surface area contributed by atoms with E-state index < -0.39 is 0 Å². The molecule has 0 amide bonds. The third kappa shape index (κ3) is 2.38.